The van der Waals surface area contributed by atoms with Crippen molar-refractivity contribution in [1.29, 1.82) is 0 Å². The van der Waals surface area contributed by atoms with Gasteiger partial charge in [0.25, 0.3) is 0 Å². The highest BCUT2D eigenvalue weighted by molar-refractivity contribution is 6.44. The van der Waals surface area contributed by atoms with Crippen LogP contribution in [0.15, 0.2) is 370 Å². The van der Waals surface area contributed by atoms with Crippen LogP contribution in [0.5, 0.6) is 0 Å². The van der Waals surface area contributed by atoms with E-state index in [2.05, 4.69) is 336 Å². The smallest absolute Gasteiger partial charge is 0.206 e. The molecule has 0 heterocycles. The minimum atomic E-state index is -4.40. The van der Waals surface area contributed by atoms with Gasteiger partial charge in [0.05, 0.1) is 5.56 Å². The summed E-state index contributed by atoms with van der Waals surface area (Å²) in [6, 6.07) is 134. The normalized spacial score (nSPS) is 12.8. The zero-order valence-electron chi connectivity index (χ0n) is 71.7. The molecular weight excluding hydrogens is 1610 g/mol. The van der Waals surface area contributed by atoms with Crippen molar-refractivity contribution in [2.75, 3.05) is 0 Å². The average molecular weight is 1680 g/mol. The molecule has 1 aliphatic carbocycles. The zero-order valence-corrected chi connectivity index (χ0v) is 71.7. The van der Waals surface area contributed by atoms with Crippen LogP contribution in [0.1, 0.15) is 22.3 Å². The molecule has 0 nitrogen and oxygen atoms in total. The predicted molar refractivity (Wildman–Crippen MR) is 559 cm³/mol. The molecule has 0 saturated heterocycles. The van der Waals surface area contributed by atoms with Crippen LogP contribution in [-0.4, -0.2) is 0 Å². The number of alkyl halides is 3. The molecule has 31 aromatic rings. The van der Waals surface area contributed by atoms with E-state index >= 15 is 0 Å². The summed E-state index contributed by atoms with van der Waals surface area (Å²) >= 11 is 0. The Labute approximate surface area is 751 Å². The van der Waals surface area contributed by atoms with Crippen molar-refractivity contribution in [3.8, 4) is 44.5 Å². The molecule has 1 aliphatic rings. The van der Waals surface area contributed by atoms with Crippen LogP contribution in [0.25, 0.3) is 314 Å². The number of rotatable bonds is 2. The average Bonchev–Trinajstić information content (AvgIpc) is 1.51. The summed E-state index contributed by atoms with van der Waals surface area (Å²) in [4.78, 5) is 0. The zero-order chi connectivity index (χ0) is 87.0. The molecule has 0 fully saturated rings. The SMILES string of the molecule is Cc1cccc(C)c1-c1cc2c(cc3c4ccccc4c4cccc2c43)c2cc3c(cc12)c1ccc(-c2ccc4c(c2)-c2cccc5ccc(C)c-4c25)c2cccc3c21.FC(F)(F)c1ccc2c3cc4c(ccc5c4cc4c6ccccc6c6cccc5c64)cc3c3cccc1c32.Fc1ccc2c3cc4c(ccc5c4cc4c6ccccc6c6cccc5c64)cc3c3cccc1c32. The maximum Gasteiger partial charge on any atom is 0.417 e. The highest BCUT2D eigenvalue weighted by atomic mass is 19.4. The maximum atomic E-state index is 14.6. The molecule has 0 amide bonds. The first-order valence-electron chi connectivity index (χ1n) is 45.7. The van der Waals surface area contributed by atoms with E-state index < -0.39 is 11.7 Å². The molecule has 0 N–H and O–H groups in total. The molecule has 4 heteroatoms. The van der Waals surface area contributed by atoms with E-state index in [-0.39, 0.29) is 11.2 Å². The number of hydrogen-bond donors (Lipinski definition) is 0. The predicted octanol–water partition coefficient (Wildman–Crippen LogP) is 37.6. The van der Waals surface area contributed by atoms with Crippen molar-refractivity contribution >= 4 is 269 Å². The molecule has 0 aromatic heterocycles. The van der Waals surface area contributed by atoms with Crippen LogP contribution in [0.3, 0.4) is 0 Å². The summed E-state index contributed by atoms with van der Waals surface area (Å²) in [5.74, 6) is -0.155. The van der Waals surface area contributed by atoms with Crippen molar-refractivity contribution in [3.05, 3.63) is 398 Å². The fraction of sp³-hybridized carbons (Fsp3) is 0.0312. The van der Waals surface area contributed by atoms with E-state index in [0.29, 0.717) is 10.8 Å². The summed E-state index contributed by atoms with van der Waals surface area (Å²) < 4.78 is 56.2. The Morgan fingerprint density at radius 1 is 0.159 bits per heavy atom. The number of halogens is 4. The first kappa shape index (κ1) is 72.6. The first-order valence-corrected chi connectivity index (χ1v) is 45.7. The van der Waals surface area contributed by atoms with Gasteiger partial charge in [0.15, 0.2) is 0 Å². The van der Waals surface area contributed by atoms with E-state index in [0.717, 1.165) is 48.5 Å². The van der Waals surface area contributed by atoms with E-state index in [9.17, 15) is 17.6 Å². The summed E-state index contributed by atoms with van der Waals surface area (Å²) in [7, 11) is 0. The lowest BCUT2D eigenvalue weighted by Gasteiger charge is -2.17. The van der Waals surface area contributed by atoms with E-state index in [1.807, 2.05) is 24.3 Å². The Morgan fingerprint density at radius 3 is 0.992 bits per heavy atom. The topological polar surface area (TPSA) is 0 Å². The molecule has 0 unspecified atom stereocenters. The summed E-state index contributed by atoms with van der Waals surface area (Å²) in [6.45, 7) is 6.79. The molecule has 0 spiro atoms. The summed E-state index contributed by atoms with van der Waals surface area (Å²) in [5.41, 5.74) is 14.0. The largest absolute Gasteiger partial charge is 0.417 e. The van der Waals surface area contributed by atoms with Crippen LogP contribution in [-0.2, 0) is 6.18 Å². The Bertz CT molecular complexity index is 10600. The van der Waals surface area contributed by atoms with Crippen LogP contribution in [0, 0.1) is 26.6 Å². The third-order valence-corrected chi connectivity index (χ3v) is 31.0. The van der Waals surface area contributed by atoms with E-state index in [1.165, 1.54) is 272 Å². The Balaban J connectivity index is 0.0000000997. The molecular formula is C128H70F4. The van der Waals surface area contributed by atoms with Gasteiger partial charge in [-0.1, -0.05) is 291 Å². The van der Waals surface area contributed by atoms with E-state index in [1.54, 1.807) is 24.3 Å². The molecule has 0 aliphatic heterocycles. The number of hydrogen-bond acceptors (Lipinski definition) is 0. The Kier molecular flexibility index (Phi) is 14.2. The third-order valence-electron chi connectivity index (χ3n) is 31.0. The standard InChI is InChI=1S/C59H36.C35H17F3.C34H17F/c1-31-10-6-11-32(2)55(31)54-29-49-43-19-9-17-40-37-13-4-5-14-38(37)53(59(40)43)30-51(49)50-27-47-42-18-8-16-39-36(24-25-45(58(39)42)48(47)28-52(50)54)35-22-23-44-46(26-35)41-15-7-12-34-21-20-33(3)56(44)57(34)41;36-35(37,38)32-14-13-25-30-16-27-18(15-28(30)24-9-4-10-26(32)33(24)25)11-12-21-23-8-3-7-22-19-5-1-2-6-20(19)31(34(22)23)17-29(21)27;35-32-14-13-25-30-16-27-18(15-28(30)24-9-4-10-26(32)33(24)25)11-12-21-23-8-3-7-22-19-5-1-2-6-20(19)31(34(22)23)17-29(21)27/h4-30H,1-3H3;1-17H;1-17H. The van der Waals surface area contributed by atoms with Crippen LogP contribution < -0.4 is 0 Å². The number of aryl methyl sites for hydroxylation is 3. The Hall–Kier alpha value is -16.4. The van der Waals surface area contributed by atoms with E-state index in [4.69, 9.17) is 0 Å². The highest BCUT2D eigenvalue weighted by Gasteiger charge is 2.35. The second-order valence-corrected chi connectivity index (χ2v) is 37.4. The minimum absolute atomic E-state index is 0.155. The molecule has 0 bridgehead atoms. The molecule has 0 radical (unpaired) electrons. The number of fused-ring (bicyclic) bond motifs is 33. The third kappa shape index (κ3) is 9.49. The van der Waals surface area contributed by atoms with Gasteiger partial charge in [-0.15, -0.1) is 0 Å². The van der Waals surface area contributed by atoms with Gasteiger partial charge in [-0.25, -0.2) is 4.39 Å². The maximum absolute atomic E-state index is 14.6. The first-order chi connectivity index (χ1) is 64.8. The lowest BCUT2D eigenvalue weighted by molar-refractivity contribution is -0.136. The summed E-state index contributed by atoms with van der Waals surface area (Å²) in [6.07, 6.45) is -4.40. The lowest BCUT2D eigenvalue weighted by Crippen LogP contribution is -2.05. The van der Waals surface area contributed by atoms with Gasteiger partial charge in [0, 0.05) is 10.8 Å². The van der Waals surface area contributed by atoms with Gasteiger partial charge >= 0.3 is 6.18 Å². The highest BCUT2D eigenvalue weighted by Crippen LogP contribution is 2.56. The lowest BCUT2D eigenvalue weighted by atomic mass is 9.86. The van der Waals surface area contributed by atoms with Crippen LogP contribution in [0.2, 0.25) is 0 Å². The fourth-order valence-corrected chi connectivity index (χ4v) is 25.5. The van der Waals surface area contributed by atoms with Gasteiger partial charge in [-0.3, -0.25) is 0 Å². The minimum Gasteiger partial charge on any atom is -0.206 e. The van der Waals surface area contributed by atoms with Gasteiger partial charge < -0.3 is 0 Å². The van der Waals surface area contributed by atoms with Gasteiger partial charge in [-0.05, 0) is 419 Å². The molecule has 0 atom stereocenters. The van der Waals surface area contributed by atoms with Gasteiger partial charge in [-0.2, -0.15) is 13.2 Å². The van der Waals surface area contributed by atoms with Gasteiger partial charge in [0.1, 0.15) is 5.82 Å². The Morgan fingerprint density at radius 2 is 0.477 bits per heavy atom. The van der Waals surface area contributed by atoms with Crippen molar-refractivity contribution < 1.29 is 17.6 Å². The van der Waals surface area contributed by atoms with Crippen molar-refractivity contribution in [3.63, 3.8) is 0 Å². The fourth-order valence-electron chi connectivity index (χ4n) is 25.5. The molecule has 32 rings (SSSR count). The monoisotopic (exact) mass is 1680 g/mol. The second kappa shape index (κ2) is 25.8. The quantitative estimate of drug-likeness (QED) is 0.120. The van der Waals surface area contributed by atoms with Crippen molar-refractivity contribution in [2.24, 2.45) is 0 Å². The van der Waals surface area contributed by atoms with Crippen molar-refractivity contribution in [2.45, 2.75) is 26.9 Å². The molecule has 0 saturated carbocycles. The van der Waals surface area contributed by atoms with Gasteiger partial charge in [0.2, 0.25) is 0 Å². The molecule has 610 valence electrons. The summed E-state index contributed by atoms with van der Waals surface area (Å²) in [5, 5.41) is 60.2. The van der Waals surface area contributed by atoms with Crippen molar-refractivity contribution in [1.82, 2.24) is 0 Å². The van der Waals surface area contributed by atoms with Crippen LogP contribution >= 0.6 is 0 Å². The van der Waals surface area contributed by atoms with Crippen LogP contribution in [0.4, 0.5) is 17.6 Å². The number of benzene rings is 25. The molecule has 132 heavy (non-hydrogen) atoms. The molecule has 31 aromatic carbocycles. The second-order valence-electron chi connectivity index (χ2n) is 37.4.